The summed E-state index contributed by atoms with van der Waals surface area (Å²) >= 11 is 1.59. The lowest BCUT2D eigenvalue weighted by Gasteiger charge is -2.39. The summed E-state index contributed by atoms with van der Waals surface area (Å²) in [4.78, 5) is 31.8. The summed E-state index contributed by atoms with van der Waals surface area (Å²) in [5, 5.41) is 9.23. The van der Waals surface area contributed by atoms with Crippen LogP contribution in [0.2, 0.25) is 0 Å². The highest BCUT2D eigenvalue weighted by Crippen LogP contribution is 2.43. The van der Waals surface area contributed by atoms with Crippen molar-refractivity contribution >= 4 is 28.9 Å². The maximum Gasteiger partial charge on any atom is 0.241 e. The Balaban J connectivity index is 1.36. The molecule has 1 saturated heterocycles. The van der Waals surface area contributed by atoms with E-state index in [2.05, 4.69) is 30.7 Å². The van der Waals surface area contributed by atoms with Crippen LogP contribution >= 0.6 is 11.3 Å². The van der Waals surface area contributed by atoms with Gasteiger partial charge in [-0.1, -0.05) is 5.16 Å². The summed E-state index contributed by atoms with van der Waals surface area (Å²) in [7, 11) is 0. The molecule has 1 N–H and O–H groups in total. The summed E-state index contributed by atoms with van der Waals surface area (Å²) in [5.74, 6) is 1.39. The summed E-state index contributed by atoms with van der Waals surface area (Å²) in [5.41, 5.74) is 4.69. The van der Waals surface area contributed by atoms with Gasteiger partial charge in [0.2, 0.25) is 11.9 Å². The number of hydrogen-bond acceptors (Lipinski definition) is 9. The molecule has 0 bridgehead atoms. The second-order valence-electron chi connectivity index (χ2n) is 8.69. The molecule has 31 heavy (non-hydrogen) atoms. The highest BCUT2D eigenvalue weighted by Gasteiger charge is 2.53. The minimum Gasteiger partial charge on any atom is -0.363 e. The van der Waals surface area contributed by atoms with Gasteiger partial charge in [0.25, 0.3) is 0 Å². The average molecular weight is 438 g/mol. The van der Waals surface area contributed by atoms with Crippen LogP contribution in [0.25, 0.3) is 0 Å². The number of anilines is 2. The lowest BCUT2D eigenvalue weighted by Crippen LogP contribution is -2.53. The first-order valence-corrected chi connectivity index (χ1v) is 11.6. The zero-order valence-corrected chi connectivity index (χ0v) is 17.8. The van der Waals surface area contributed by atoms with Crippen molar-refractivity contribution in [3.05, 3.63) is 46.5 Å². The van der Waals surface area contributed by atoms with Crippen LogP contribution in [0.3, 0.4) is 0 Å². The molecule has 3 aromatic rings. The van der Waals surface area contributed by atoms with Gasteiger partial charge in [-0.25, -0.2) is 15.0 Å². The van der Waals surface area contributed by atoms with Crippen LogP contribution in [0.1, 0.15) is 36.2 Å². The lowest BCUT2D eigenvalue weighted by molar-refractivity contribution is -0.124. The third kappa shape index (κ3) is 3.39. The van der Waals surface area contributed by atoms with E-state index < -0.39 is 5.41 Å². The molecule has 2 aliphatic heterocycles. The summed E-state index contributed by atoms with van der Waals surface area (Å²) in [6.45, 7) is 3.47. The maximum atomic E-state index is 13.9. The molecule has 160 valence electrons. The normalized spacial score (nSPS) is 23.5. The Hall–Kier alpha value is -2.85. The minimum absolute atomic E-state index is 0.0517. The molecule has 5 heterocycles. The SMILES string of the molecule is O=C1N(c2cnoc2)Cc2cnc(NCC3CC3)nc2C12CCN(Cc1cscn1)C2. The van der Waals surface area contributed by atoms with Crippen molar-refractivity contribution in [1.29, 1.82) is 0 Å². The smallest absolute Gasteiger partial charge is 0.241 e. The van der Waals surface area contributed by atoms with E-state index in [0.717, 1.165) is 42.5 Å². The highest BCUT2D eigenvalue weighted by atomic mass is 32.1. The third-order valence-electron chi connectivity index (χ3n) is 6.49. The number of amides is 1. The first-order valence-electron chi connectivity index (χ1n) is 10.6. The molecule has 6 rings (SSSR count). The molecule has 2 fully saturated rings. The van der Waals surface area contributed by atoms with Crippen molar-refractivity contribution in [1.82, 2.24) is 25.0 Å². The van der Waals surface area contributed by atoms with Crippen LogP contribution in [-0.4, -0.2) is 50.5 Å². The number of aromatic nitrogens is 4. The van der Waals surface area contributed by atoms with Gasteiger partial charge in [0, 0.05) is 43.3 Å². The fourth-order valence-corrected chi connectivity index (χ4v) is 5.21. The van der Waals surface area contributed by atoms with Gasteiger partial charge in [0.1, 0.15) is 17.4 Å². The van der Waals surface area contributed by atoms with Crippen LogP contribution < -0.4 is 10.2 Å². The fourth-order valence-electron chi connectivity index (χ4n) is 4.66. The summed E-state index contributed by atoms with van der Waals surface area (Å²) < 4.78 is 5.02. The largest absolute Gasteiger partial charge is 0.363 e. The predicted molar refractivity (Wildman–Crippen MR) is 115 cm³/mol. The second-order valence-corrected chi connectivity index (χ2v) is 9.41. The molecule has 1 atom stereocenters. The maximum absolute atomic E-state index is 13.9. The summed E-state index contributed by atoms with van der Waals surface area (Å²) in [6.07, 6.45) is 8.22. The lowest BCUT2D eigenvalue weighted by atomic mass is 9.77. The van der Waals surface area contributed by atoms with E-state index in [1.165, 1.54) is 19.1 Å². The zero-order chi connectivity index (χ0) is 20.8. The van der Waals surface area contributed by atoms with Gasteiger partial charge in [0.05, 0.1) is 29.6 Å². The van der Waals surface area contributed by atoms with Gasteiger partial charge in [-0.3, -0.25) is 9.69 Å². The van der Waals surface area contributed by atoms with Crippen LogP contribution in [0.4, 0.5) is 11.6 Å². The number of thiazole rings is 1. The number of hydrogen-bond donors (Lipinski definition) is 1. The van der Waals surface area contributed by atoms with E-state index in [1.54, 1.807) is 22.4 Å². The molecule has 1 aliphatic carbocycles. The van der Waals surface area contributed by atoms with Crippen molar-refractivity contribution in [3.63, 3.8) is 0 Å². The standard InChI is InChI=1S/C21H23N7O2S/c29-19-21(3-4-27(12-21)9-16-11-31-13-24-16)18-15(8-28(19)17-7-25-30-10-17)6-23-20(26-18)22-5-14-1-2-14/h6-7,10-11,13-14H,1-5,8-9,12H2,(H,22,23,26). The van der Waals surface area contributed by atoms with Crippen LogP contribution in [0.15, 0.2) is 34.1 Å². The van der Waals surface area contributed by atoms with E-state index in [0.29, 0.717) is 31.1 Å². The Morgan fingerprint density at radius 1 is 1.29 bits per heavy atom. The number of rotatable bonds is 6. The number of likely N-dealkylation sites (tertiary alicyclic amines) is 1. The van der Waals surface area contributed by atoms with Gasteiger partial charge >= 0.3 is 0 Å². The monoisotopic (exact) mass is 437 g/mol. The Morgan fingerprint density at radius 2 is 2.23 bits per heavy atom. The topological polar surface area (TPSA) is 100 Å². The zero-order valence-electron chi connectivity index (χ0n) is 17.0. The van der Waals surface area contributed by atoms with Gasteiger partial charge in [-0.05, 0) is 25.2 Å². The second kappa shape index (κ2) is 7.38. The quantitative estimate of drug-likeness (QED) is 0.628. The van der Waals surface area contributed by atoms with Gasteiger partial charge < -0.3 is 14.7 Å². The molecule has 0 radical (unpaired) electrons. The van der Waals surface area contributed by atoms with E-state index in [4.69, 9.17) is 9.51 Å². The van der Waals surface area contributed by atoms with E-state index >= 15 is 0 Å². The van der Waals surface area contributed by atoms with Crippen LogP contribution in [0, 0.1) is 5.92 Å². The first kappa shape index (κ1) is 18.9. The van der Waals surface area contributed by atoms with E-state index in [9.17, 15) is 4.79 Å². The number of nitrogens with one attached hydrogen (secondary N) is 1. The fraction of sp³-hybridized carbons (Fsp3) is 0.476. The molecule has 0 aromatic carbocycles. The third-order valence-corrected chi connectivity index (χ3v) is 7.13. The molecule has 1 saturated carbocycles. The molecule has 9 nitrogen and oxygen atoms in total. The van der Waals surface area contributed by atoms with Gasteiger partial charge in [0.15, 0.2) is 0 Å². The van der Waals surface area contributed by atoms with Crippen LogP contribution in [0.5, 0.6) is 0 Å². The number of carbonyl (C=O) groups is 1. The molecule has 3 aromatic heterocycles. The summed E-state index contributed by atoms with van der Waals surface area (Å²) in [6, 6.07) is 0. The van der Waals surface area contributed by atoms with Crippen molar-refractivity contribution < 1.29 is 9.32 Å². The number of fused-ring (bicyclic) bond motifs is 2. The van der Waals surface area contributed by atoms with E-state index in [-0.39, 0.29) is 5.91 Å². The van der Waals surface area contributed by atoms with Crippen LogP contribution in [-0.2, 0) is 23.3 Å². The molecule has 1 unspecified atom stereocenters. The predicted octanol–water partition coefficient (Wildman–Crippen LogP) is 2.43. The first-order chi connectivity index (χ1) is 15.2. The van der Waals surface area contributed by atoms with Gasteiger partial charge in [-0.15, -0.1) is 11.3 Å². The number of carbonyl (C=O) groups excluding carboxylic acids is 1. The Labute approximate surface area is 183 Å². The molecule has 1 spiro atoms. The molecule has 10 heteroatoms. The molecular weight excluding hydrogens is 414 g/mol. The Bertz CT molecular complexity index is 1080. The molecule has 1 amide bonds. The van der Waals surface area contributed by atoms with Crippen molar-refractivity contribution in [3.8, 4) is 0 Å². The van der Waals surface area contributed by atoms with Crippen molar-refractivity contribution in [2.24, 2.45) is 5.92 Å². The van der Waals surface area contributed by atoms with Crippen molar-refractivity contribution in [2.75, 3.05) is 29.9 Å². The Kier molecular flexibility index (Phi) is 4.50. The van der Waals surface area contributed by atoms with Crippen molar-refractivity contribution in [2.45, 2.75) is 37.8 Å². The van der Waals surface area contributed by atoms with E-state index in [1.807, 2.05) is 11.7 Å². The minimum atomic E-state index is -0.709. The number of nitrogens with zero attached hydrogens (tertiary/aromatic N) is 6. The highest BCUT2D eigenvalue weighted by molar-refractivity contribution is 7.07. The molecule has 3 aliphatic rings. The Morgan fingerprint density at radius 3 is 3.00 bits per heavy atom. The molecular formula is C21H23N7O2S. The average Bonchev–Trinajstić information content (AvgIpc) is 3.19. The van der Waals surface area contributed by atoms with Gasteiger partial charge in [-0.2, -0.15) is 0 Å².